The molecule has 132 valence electrons. The number of methoxy groups -OCH3 is 1. The quantitative estimate of drug-likeness (QED) is 0.635. The fourth-order valence-corrected chi connectivity index (χ4v) is 3.01. The van der Waals surface area contributed by atoms with E-state index in [1.807, 2.05) is 25.2 Å². The molecule has 1 saturated heterocycles. The summed E-state index contributed by atoms with van der Waals surface area (Å²) < 4.78 is 5.26. The van der Waals surface area contributed by atoms with E-state index in [0.717, 1.165) is 43.2 Å². The summed E-state index contributed by atoms with van der Waals surface area (Å²) in [5.41, 5.74) is 1.16. The molecule has 0 spiro atoms. The third kappa shape index (κ3) is 5.15. The van der Waals surface area contributed by atoms with Crippen LogP contribution in [-0.2, 0) is 11.3 Å². The number of aliphatic imine (C=N–C) groups is 1. The van der Waals surface area contributed by atoms with Crippen LogP contribution in [0, 0.1) is 5.92 Å². The van der Waals surface area contributed by atoms with Crippen molar-refractivity contribution in [2.75, 3.05) is 34.3 Å². The van der Waals surface area contributed by atoms with Crippen molar-refractivity contribution in [3.63, 3.8) is 0 Å². The van der Waals surface area contributed by atoms with Gasteiger partial charge in [-0.05, 0) is 36.5 Å². The molecule has 1 fully saturated rings. The topological polar surface area (TPSA) is 66.0 Å². The standard InChI is InChI=1S/C18H28N4O2/c1-19-17(23)12-14-7-9-22(10-8-14)18(20-2)21-13-15-5-4-6-16(11-15)24-3/h4-6,11,14H,7-10,12-13H2,1-3H3,(H,19,23)(H,20,21). The van der Waals surface area contributed by atoms with Crippen LogP contribution < -0.4 is 15.4 Å². The maximum absolute atomic E-state index is 11.5. The van der Waals surface area contributed by atoms with Gasteiger partial charge in [0.15, 0.2) is 5.96 Å². The largest absolute Gasteiger partial charge is 0.497 e. The number of piperidine rings is 1. The van der Waals surface area contributed by atoms with Crippen LogP contribution in [0.4, 0.5) is 0 Å². The van der Waals surface area contributed by atoms with Crippen molar-refractivity contribution in [3.8, 4) is 5.75 Å². The SMILES string of the molecule is CN=C(NCc1cccc(OC)c1)N1CCC(CC(=O)NC)CC1. The van der Waals surface area contributed by atoms with Crippen molar-refractivity contribution < 1.29 is 9.53 Å². The molecule has 24 heavy (non-hydrogen) atoms. The molecule has 0 radical (unpaired) electrons. The van der Waals surface area contributed by atoms with Gasteiger partial charge in [0.25, 0.3) is 0 Å². The Labute approximate surface area is 144 Å². The first kappa shape index (κ1) is 18.1. The van der Waals surface area contributed by atoms with Crippen LogP contribution >= 0.6 is 0 Å². The van der Waals surface area contributed by atoms with Crippen LogP contribution in [0.5, 0.6) is 5.75 Å². The third-order valence-corrected chi connectivity index (χ3v) is 4.46. The summed E-state index contributed by atoms with van der Waals surface area (Å²) in [6, 6.07) is 8.02. The minimum atomic E-state index is 0.133. The van der Waals surface area contributed by atoms with Crippen molar-refractivity contribution >= 4 is 11.9 Å². The lowest BCUT2D eigenvalue weighted by atomic mass is 9.93. The Morgan fingerprint density at radius 2 is 2.12 bits per heavy atom. The Hall–Kier alpha value is -2.24. The van der Waals surface area contributed by atoms with E-state index >= 15 is 0 Å². The smallest absolute Gasteiger partial charge is 0.220 e. The highest BCUT2D eigenvalue weighted by Gasteiger charge is 2.22. The summed E-state index contributed by atoms with van der Waals surface area (Å²) in [5.74, 6) is 2.38. The molecule has 1 aromatic carbocycles. The number of carbonyl (C=O) groups is 1. The lowest BCUT2D eigenvalue weighted by Gasteiger charge is -2.34. The van der Waals surface area contributed by atoms with E-state index in [1.54, 1.807) is 14.2 Å². The first-order valence-corrected chi connectivity index (χ1v) is 8.45. The molecule has 1 heterocycles. The van der Waals surface area contributed by atoms with Crippen molar-refractivity contribution in [2.45, 2.75) is 25.8 Å². The van der Waals surface area contributed by atoms with Crippen molar-refractivity contribution in [1.29, 1.82) is 0 Å². The summed E-state index contributed by atoms with van der Waals surface area (Å²) in [4.78, 5) is 18.1. The number of likely N-dealkylation sites (tertiary alicyclic amines) is 1. The monoisotopic (exact) mass is 332 g/mol. The van der Waals surface area contributed by atoms with Gasteiger partial charge in [-0.15, -0.1) is 0 Å². The summed E-state index contributed by atoms with van der Waals surface area (Å²) in [7, 11) is 5.18. The summed E-state index contributed by atoms with van der Waals surface area (Å²) >= 11 is 0. The number of amides is 1. The maximum atomic E-state index is 11.5. The Kier molecular flexibility index (Phi) is 6.90. The summed E-state index contributed by atoms with van der Waals surface area (Å²) in [6.45, 7) is 2.57. The minimum Gasteiger partial charge on any atom is -0.497 e. The Morgan fingerprint density at radius 1 is 1.38 bits per heavy atom. The van der Waals surface area contributed by atoms with Gasteiger partial charge in [-0.2, -0.15) is 0 Å². The highest BCUT2D eigenvalue weighted by Crippen LogP contribution is 2.20. The number of nitrogens with one attached hydrogen (secondary N) is 2. The van der Waals surface area contributed by atoms with Gasteiger partial charge in [0, 0.05) is 40.2 Å². The molecular weight excluding hydrogens is 304 g/mol. The molecular formula is C18H28N4O2. The number of hydrogen-bond acceptors (Lipinski definition) is 3. The molecule has 0 atom stereocenters. The maximum Gasteiger partial charge on any atom is 0.220 e. The third-order valence-electron chi connectivity index (χ3n) is 4.46. The molecule has 0 bridgehead atoms. The molecule has 2 rings (SSSR count). The molecule has 0 unspecified atom stereocenters. The number of benzene rings is 1. The molecule has 1 aliphatic rings. The van der Waals surface area contributed by atoms with Crippen LogP contribution in [-0.4, -0.2) is 51.1 Å². The van der Waals surface area contributed by atoms with E-state index in [-0.39, 0.29) is 5.91 Å². The first-order valence-electron chi connectivity index (χ1n) is 8.45. The molecule has 6 nitrogen and oxygen atoms in total. The number of hydrogen-bond donors (Lipinski definition) is 2. The molecule has 0 saturated carbocycles. The number of carbonyl (C=O) groups excluding carboxylic acids is 1. The van der Waals surface area contributed by atoms with E-state index in [4.69, 9.17) is 4.74 Å². The Morgan fingerprint density at radius 3 is 2.75 bits per heavy atom. The second-order valence-corrected chi connectivity index (χ2v) is 6.06. The predicted octanol–water partition coefficient (Wildman–Crippen LogP) is 1.62. The Balaban J connectivity index is 1.83. The zero-order valence-electron chi connectivity index (χ0n) is 14.8. The van der Waals surface area contributed by atoms with Gasteiger partial charge < -0.3 is 20.3 Å². The first-order chi connectivity index (χ1) is 11.7. The highest BCUT2D eigenvalue weighted by molar-refractivity contribution is 5.80. The molecule has 1 amide bonds. The number of rotatable bonds is 5. The molecule has 2 N–H and O–H groups in total. The van der Waals surface area contributed by atoms with Gasteiger partial charge >= 0.3 is 0 Å². The highest BCUT2D eigenvalue weighted by atomic mass is 16.5. The lowest BCUT2D eigenvalue weighted by Crippen LogP contribution is -2.45. The van der Waals surface area contributed by atoms with Gasteiger partial charge in [0.2, 0.25) is 5.91 Å². The van der Waals surface area contributed by atoms with Crippen molar-refractivity contribution in [2.24, 2.45) is 10.9 Å². The van der Waals surface area contributed by atoms with E-state index in [1.165, 1.54) is 0 Å². The number of guanidine groups is 1. The van der Waals surface area contributed by atoms with E-state index in [0.29, 0.717) is 18.9 Å². The molecule has 1 aromatic rings. The van der Waals surface area contributed by atoms with Crippen molar-refractivity contribution in [3.05, 3.63) is 29.8 Å². The molecule has 0 aliphatic carbocycles. The average molecular weight is 332 g/mol. The molecule has 0 aromatic heterocycles. The molecule has 1 aliphatic heterocycles. The van der Waals surface area contributed by atoms with Crippen LogP contribution in [0.3, 0.4) is 0 Å². The Bertz CT molecular complexity index is 566. The van der Waals surface area contributed by atoms with Gasteiger partial charge in [0.1, 0.15) is 5.75 Å². The van der Waals surface area contributed by atoms with Crippen LogP contribution in [0.25, 0.3) is 0 Å². The predicted molar refractivity (Wildman–Crippen MR) is 96.2 cm³/mol. The fourth-order valence-electron chi connectivity index (χ4n) is 3.01. The normalized spacial score (nSPS) is 16.0. The molecule has 6 heteroatoms. The average Bonchev–Trinajstić information content (AvgIpc) is 2.63. The second kappa shape index (κ2) is 9.15. The summed E-state index contributed by atoms with van der Waals surface area (Å²) in [6.07, 6.45) is 2.67. The van der Waals surface area contributed by atoms with Crippen LogP contribution in [0.15, 0.2) is 29.3 Å². The zero-order valence-corrected chi connectivity index (χ0v) is 14.8. The minimum absolute atomic E-state index is 0.133. The fraction of sp³-hybridized carbons (Fsp3) is 0.556. The summed E-state index contributed by atoms with van der Waals surface area (Å²) in [5, 5.41) is 6.12. The van der Waals surface area contributed by atoms with E-state index in [2.05, 4.69) is 26.6 Å². The van der Waals surface area contributed by atoms with Gasteiger partial charge in [-0.3, -0.25) is 9.79 Å². The number of nitrogens with zero attached hydrogens (tertiary/aromatic N) is 2. The van der Waals surface area contributed by atoms with E-state index < -0.39 is 0 Å². The van der Waals surface area contributed by atoms with Gasteiger partial charge in [0.05, 0.1) is 7.11 Å². The number of ether oxygens (including phenoxy) is 1. The van der Waals surface area contributed by atoms with Gasteiger partial charge in [-0.25, -0.2) is 0 Å². The zero-order chi connectivity index (χ0) is 17.4. The lowest BCUT2D eigenvalue weighted by molar-refractivity contribution is -0.121. The van der Waals surface area contributed by atoms with E-state index in [9.17, 15) is 4.79 Å². The van der Waals surface area contributed by atoms with Crippen LogP contribution in [0.1, 0.15) is 24.8 Å². The van der Waals surface area contributed by atoms with Gasteiger partial charge in [-0.1, -0.05) is 12.1 Å². The van der Waals surface area contributed by atoms with Crippen LogP contribution in [0.2, 0.25) is 0 Å². The van der Waals surface area contributed by atoms with Crippen molar-refractivity contribution in [1.82, 2.24) is 15.5 Å². The second-order valence-electron chi connectivity index (χ2n) is 6.06.